The van der Waals surface area contributed by atoms with Crippen molar-refractivity contribution in [3.63, 3.8) is 0 Å². The molecule has 29 heavy (non-hydrogen) atoms. The fraction of sp³-hybridized carbons (Fsp3) is 0.429. The first-order valence-corrected chi connectivity index (χ1v) is 10.2. The number of nitrogens with one attached hydrogen (secondary N) is 1. The first kappa shape index (κ1) is 25.5. The third-order valence-electron chi connectivity index (χ3n) is 4.41. The fourth-order valence-electron chi connectivity index (χ4n) is 2.92. The molecule has 1 N–H and O–H groups in total. The number of rotatable bonds is 7. The minimum Gasteiger partial charge on any atom is -0.357 e. The number of aliphatic imine (C=N–C) groups is 1. The maximum atomic E-state index is 12.1. The number of aromatic nitrogens is 1. The molecule has 0 bridgehead atoms. The molecule has 0 spiro atoms. The molecule has 8 heteroatoms. The van der Waals surface area contributed by atoms with Gasteiger partial charge >= 0.3 is 0 Å². The van der Waals surface area contributed by atoms with Crippen molar-refractivity contribution in [1.29, 1.82) is 0 Å². The summed E-state index contributed by atoms with van der Waals surface area (Å²) in [5, 5.41) is 3.35. The summed E-state index contributed by atoms with van der Waals surface area (Å²) in [7, 11) is 7.62. The van der Waals surface area contributed by atoms with E-state index in [0.717, 1.165) is 35.5 Å². The number of hydrogen-bond acceptors (Lipinski definition) is 2. The molecule has 0 saturated carbocycles. The van der Waals surface area contributed by atoms with Crippen molar-refractivity contribution in [2.45, 2.75) is 19.9 Å². The second-order valence-electron chi connectivity index (χ2n) is 7.00. The lowest BCUT2D eigenvalue weighted by molar-refractivity contribution is 0.0827. The molecule has 0 aliphatic rings. The Hall–Kier alpha value is -1.55. The van der Waals surface area contributed by atoms with Gasteiger partial charge in [0.25, 0.3) is 5.91 Å². The van der Waals surface area contributed by atoms with E-state index in [1.54, 1.807) is 19.0 Å². The summed E-state index contributed by atoms with van der Waals surface area (Å²) in [6.07, 6.45) is 2.84. The topological polar surface area (TPSA) is 52.9 Å². The lowest BCUT2D eigenvalue weighted by Crippen LogP contribution is -2.39. The van der Waals surface area contributed by atoms with Crippen molar-refractivity contribution >= 4 is 51.8 Å². The molecule has 0 atom stereocenters. The van der Waals surface area contributed by atoms with Crippen LogP contribution in [-0.2, 0) is 20.0 Å². The van der Waals surface area contributed by atoms with Crippen molar-refractivity contribution in [3.05, 3.63) is 57.8 Å². The van der Waals surface area contributed by atoms with Gasteiger partial charge in [-0.05, 0) is 53.0 Å². The first-order chi connectivity index (χ1) is 13.3. The number of hydrogen-bond donors (Lipinski definition) is 1. The standard InChI is InChI=1S/C21H30BrN5O.HI/c1-6-23-21(27(5)15-19-13-18(22)14-26(19)4)24-11-10-16-8-7-9-17(12-16)20(28)25(2)3;/h7-9,12-14H,6,10-11,15H2,1-5H3,(H,23,24);1H. The molecule has 0 aliphatic carbocycles. The average Bonchev–Trinajstić information content (AvgIpc) is 2.97. The predicted molar refractivity (Wildman–Crippen MR) is 134 cm³/mol. The third kappa shape index (κ3) is 7.65. The van der Waals surface area contributed by atoms with Gasteiger partial charge in [0.05, 0.1) is 6.54 Å². The zero-order chi connectivity index (χ0) is 20.7. The Labute approximate surface area is 199 Å². The number of carbonyl (C=O) groups is 1. The van der Waals surface area contributed by atoms with E-state index >= 15 is 0 Å². The quantitative estimate of drug-likeness (QED) is 0.311. The summed E-state index contributed by atoms with van der Waals surface area (Å²) in [6, 6.07) is 9.90. The molecule has 1 amide bonds. The normalized spacial score (nSPS) is 11.0. The Morgan fingerprint density at radius 1 is 1.24 bits per heavy atom. The van der Waals surface area contributed by atoms with Crippen molar-refractivity contribution in [2.75, 3.05) is 34.2 Å². The molecule has 1 aromatic heterocycles. The van der Waals surface area contributed by atoms with Gasteiger partial charge in [-0.15, -0.1) is 24.0 Å². The van der Waals surface area contributed by atoms with Gasteiger partial charge in [0.1, 0.15) is 0 Å². The minimum atomic E-state index is 0. The van der Waals surface area contributed by atoms with E-state index in [2.05, 4.69) is 49.9 Å². The van der Waals surface area contributed by atoms with E-state index in [9.17, 15) is 4.79 Å². The van der Waals surface area contributed by atoms with Gasteiger partial charge in [0, 0.05) is 63.2 Å². The lowest BCUT2D eigenvalue weighted by Gasteiger charge is -2.22. The Morgan fingerprint density at radius 3 is 2.55 bits per heavy atom. The smallest absolute Gasteiger partial charge is 0.253 e. The van der Waals surface area contributed by atoms with Crippen LogP contribution < -0.4 is 5.32 Å². The van der Waals surface area contributed by atoms with Crippen LogP contribution in [0.2, 0.25) is 0 Å². The maximum Gasteiger partial charge on any atom is 0.253 e. The molecule has 2 rings (SSSR count). The van der Waals surface area contributed by atoms with Gasteiger partial charge in [-0.3, -0.25) is 9.79 Å². The molecule has 0 saturated heterocycles. The zero-order valence-electron chi connectivity index (χ0n) is 17.8. The summed E-state index contributed by atoms with van der Waals surface area (Å²) in [5.74, 6) is 0.896. The molecule has 160 valence electrons. The molecule has 0 unspecified atom stereocenters. The van der Waals surface area contributed by atoms with Crippen molar-refractivity contribution < 1.29 is 4.79 Å². The van der Waals surface area contributed by atoms with Crippen molar-refractivity contribution in [3.8, 4) is 0 Å². The summed E-state index contributed by atoms with van der Waals surface area (Å²) in [5.41, 5.74) is 3.03. The molecule has 1 heterocycles. The number of nitrogens with zero attached hydrogens (tertiary/aromatic N) is 4. The fourth-order valence-corrected chi connectivity index (χ4v) is 3.49. The van der Waals surface area contributed by atoms with Crippen LogP contribution in [0.4, 0.5) is 0 Å². The predicted octanol–water partition coefficient (Wildman–Crippen LogP) is 3.75. The summed E-state index contributed by atoms with van der Waals surface area (Å²) in [6.45, 7) is 4.30. The first-order valence-electron chi connectivity index (χ1n) is 9.42. The number of benzene rings is 1. The van der Waals surface area contributed by atoms with Gasteiger partial charge in [0.15, 0.2) is 5.96 Å². The number of aryl methyl sites for hydroxylation is 1. The highest BCUT2D eigenvalue weighted by Gasteiger charge is 2.10. The van der Waals surface area contributed by atoms with Crippen LogP contribution in [0.1, 0.15) is 28.5 Å². The van der Waals surface area contributed by atoms with E-state index in [1.165, 1.54) is 5.69 Å². The minimum absolute atomic E-state index is 0. The molecular weight excluding hydrogens is 545 g/mol. The van der Waals surface area contributed by atoms with E-state index in [-0.39, 0.29) is 29.9 Å². The molecule has 0 radical (unpaired) electrons. The van der Waals surface area contributed by atoms with Crippen molar-refractivity contribution in [2.24, 2.45) is 12.0 Å². The highest BCUT2D eigenvalue weighted by Crippen LogP contribution is 2.15. The van der Waals surface area contributed by atoms with Crippen LogP contribution >= 0.6 is 39.9 Å². The van der Waals surface area contributed by atoms with Crippen molar-refractivity contribution in [1.82, 2.24) is 19.7 Å². The summed E-state index contributed by atoms with van der Waals surface area (Å²) in [4.78, 5) is 20.6. The molecular formula is C21H31BrIN5O. The monoisotopic (exact) mass is 575 g/mol. The number of guanidine groups is 1. The van der Waals surface area contributed by atoms with Gasteiger partial charge in [-0.25, -0.2) is 0 Å². The van der Waals surface area contributed by atoms with E-state index in [4.69, 9.17) is 4.99 Å². The highest BCUT2D eigenvalue weighted by atomic mass is 127. The zero-order valence-corrected chi connectivity index (χ0v) is 21.7. The van der Waals surface area contributed by atoms with Crippen LogP contribution in [0, 0.1) is 0 Å². The van der Waals surface area contributed by atoms with E-state index < -0.39 is 0 Å². The lowest BCUT2D eigenvalue weighted by atomic mass is 10.1. The Kier molecular flexibility index (Phi) is 10.7. The van der Waals surface area contributed by atoms with Gasteiger partial charge < -0.3 is 19.7 Å². The SMILES string of the molecule is CCNC(=NCCc1cccc(C(=O)N(C)C)c1)N(C)Cc1cc(Br)cn1C.I. The van der Waals surface area contributed by atoms with Crippen LogP contribution in [0.15, 0.2) is 46.0 Å². The largest absolute Gasteiger partial charge is 0.357 e. The highest BCUT2D eigenvalue weighted by molar-refractivity contribution is 14.0. The van der Waals surface area contributed by atoms with E-state index in [1.807, 2.05) is 38.4 Å². The third-order valence-corrected chi connectivity index (χ3v) is 4.85. The average molecular weight is 576 g/mol. The Bertz CT molecular complexity index is 834. The Balaban J connectivity index is 0.00000420. The number of halogens is 2. The van der Waals surface area contributed by atoms with Gasteiger partial charge in [-0.1, -0.05) is 12.1 Å². The Morgan fingerprint density at radius 2 is 1.97 bits per heavy atom. The maximum absolute atomic E-state index is 12.1. The van der Waals surface area contributed by atoms with E-state index in [0.29, 0.717) is 12.1 Å². The van der Waals surface area contributed by atoms with Gasteiger partial charge in [0.2, 0.25) is 0 Å². The molecule has 2 aromatic rings. The number of carbonyl (C=O) groups excluding carboxylic acids is 1. The van der Waals surface area contributed by atoms with Gasteiger partial charge in [-0.2, -0.15) is 0 Å². The van der Waals surface area contributed by atoms with Crippen LogP contribution in [0.25, 0.3) is 0 Å². The summed E-state index contributed by atoms with van der Waals surface area (Å²) < 4.78 is 3.18. The molecule has 1 aromatic carbocycles. The molecule has 0 aliphatic heterocycles. The molecule has 0 fully saturated rings. The van der Waals surface area contributed by atoms with Crippen LogP contribution in [-0.4, -0.2) is 60.5 Å². The second-order valence-corrected chi connectivity index (χ2v) is 7.92. The molecule has 6 nitrogen and oxygen atoms in total. The second kappa shape index (κ2) is 12.2. The van der Waals surface area contributed by atoms with Crippen LogP contribution in [0.5, 0.6) is 0 Å². The number of amides is 1. The van der Waals surface area contributed by atoms with Crippen LogP contribution in [0.3, 0.4) is 0 Å². The summed E-state index contributed by atoms with van der Waals surface area (Å²) >= 11 is 3.52.